The Kier molecular flexibility index (Phi) is 4.22. The van der Waals surface area contributed by atoms with E-state index in [0.29, 0.717) is 20.7 Å². The number of hydrogen-bond acceptors (Lipinski definition) is 5. The average Bonchev–Trinajstić information content (AvgIpc) is 2.83. The van der Waals surface area contributed by atoms with Gasteiger partial charge >= 0.3 is 0 Å². The summed E-state index contributed by atoms with van der Waals surface area (Å²) in [6.07, 6.45) is 5.08. The number of benzene rings is 1. The van der Waals surface area contributed by atoms with Crippen molar-refractivity contribution in [3.8, 4) is 5.75 Å². The number of nitrogens with zero attached hydrogens (tertiary/aromatic N) is 2. The second-order valence-corrected chi connectivity index (χ2v) is 6.15. The average molecular weight is 328 g/mol. The van der Waals surface area contributed by atoms with E-state index in [1.807, 2.05) is 30.3 Å². The highest BCUT2D eigenvalue weighted by atomic mass is 32.2. The number of ether oxygens (including phenoxy) is 1. The molecule has 0 unspecified atom stereocenters. The molecular weight excluding hydrogens is 316 g/mol. The molecule has 0 radical (unpaired) electrons. The fraction of sp³-hybridized carbons (Fsp3) is 0.0625. The fourth-order valence-corrected chi connectivity index (χ4v) is 3.39. The number of para-hydroxylation sites is 1. The highest BCUT2D eigenvalue weighted by Crippen LogP contribution is 2.36. The summed E-state index contributed by atoms with van der Waals surface area (Å²) in [7, 11) is 1.60. The Bertz CT molecular complexity index is 760. The molecule has 0 saturated carbocycles. The van der Waals surface area contributed by atoms with Crippen LogP contribution in [0.15, 0.2) is 53.7 Å². The molecule has 22 heavy (non-hydrogen) atoms. The van der Waals surface area contributed by atoms with E-state index in [2.05, 4.69) is 4.98 Å². The van der Waals surface area contributed by atoms with Gasteiger partial charge in [-0.25, -0.2) is 0 Å². The molecule has 1 aromatic carbocycles. The van der Waals surface area contributed by atoms with Crippen molar-refractivity contribution in [2.24, 2.45) is 0 Å². The first-order valence-corrected chi connectivity index (χ1v) is 7.74. The maximum atomic E-state index is 12.6. The van der Waals surface area contributed by atoms with Crippen LogP contribution in [0, 0.1) is 0 Å². The van der Waals surface area contributed by atoms with Gasteiger partial charge in [-0.05, 0) is 24.3 Å². The minimum absolute atomic E-state index is 0.145. The van der Waals surface area contributed by atoms with Crippen molar-refractivity contribution in [1.82, 2.24) is 4.98 Å². The van der Waals surface area contributed by atoms with Gasteiger partial charge in [-0.15, -0.1) is 0 Å². The third-order valence-corrected chi connectivity index (χ3v) is 4.43. The summed E-state index contributed by atoms with van der Waals surface area (Å²) in [5.41, 5.74) is 1.52. The third kappa shape index (κ3) is 2.75. The molecule has 1 aliphatic heterocycles. The number of methoxy groups -OCH3 is 1. The van der Waals surface area contributed by atoms with Crippen LogP contribution >= 0.6 is 24.0 Å². The van der Waals surface area contributed by atoms with Crippen LogP contribution in [0.25, 0.3) is 6.08 Å². The van der Waals surface area contributed by atoms with E-state index in [1.54, 1.807) is 31.6 Å². The van der Waals surface area contributed by atoms with E-state index >= 15 is 0 Å². The number of hydrogen-bond donors (Lipinski definition) is 0. The van der Waals surface area contributed by atoms with Gasteiger partial charge in [0.15, 0.2) is 4.32 Å². The van der Waals surface area contributed by atoms with Crippen molar-refractivity contribution in [1.29, 1.82) is 0 Å². The molecule has 2 aromatic rings. The molecule has 2 heterocycles. The van der Waals surface area contributed by atoms with E-state index in [0.717, 1.165) is 5.56 Å². The van der Waals surface area contributed by atoms with Gasteiger partial charge in [-0.2, -0.15) is 0 Å². The second-order valence-electron chi connectivity index (χ2n) is 4.47. The predicted octanol–water partition coefficient (Wildman–Crippen LogP) is 3.50. The number of aromatic nitrogens is 1. The lowest BCUT2D eigenvalue weighted by Crippen LogP contribution is -2.27. The lowest BCUT2D eigenvalue weighted by atomic mass is 10.2. The van der Waals surface area contributed by atoms with Crippen LogP contribution in [-0.2, 0) is 4.79 Å². The topological polar surface area (TPSA) is 42.4 Å². The molecular formula is C16H12N2O2S2. The Labute approximate surface area is 137 Å². The SMILES string of the molecule is COc1ccccc1/C=C1\SC(=S)N(c2cccnc2)C1=O. The van der Waals surface area contributed by atoms with Gasteiger partial charge in [0.25, 0.3) is 5.91 Å². The molecule has 1 fully saturated rings. The smallest absolute Gasteiger partial charge is 0.270 e. The van der Waals surface area contributed by atoms with Gasteiger partial charge in [-0.1, -0.05) is 42.2 Å². The zero-order valence-electron chi connectivity index (χ0n) is 11.7. The van der Waals surface area contributed by atoms with E-state index in [1.165, 1.54) is 16.7 Å². The number of amides is 1. The Morgan fingerprint density at radius 3 is 2.82 bits per heavy atom. The largest absolute Gasteiger partial charge is 0.496 e. The van der Waals surface area contributed by atoms with Gasteiger partial charge < -0.3 is 4.74 Å². The minimum atomic E-state index is -0.145. The molecule has 0 bridgehead atoms. The van der Waals surface area contributed by atoms with E-state index in [-0.39, 0.29) is 5.91 Å². The summed E-state index contributed by atoms with van der Waals surface area (Å²) < 4.78 is 5.81. The van der Waals surface area contributed by atoms with E-state index < -0.39 is 0 Å². The first-order chi connectivity index (χ1) is 10.7. The Morgan fingerprint density at radius 2 is 2.09 bits per heavy atom. The molecule has 6 heteroatoms. The van der Waals surface area contributed by atoms with Gasteiger partial charge in [-0.3, -0.25) is 14.7 Å². The minimum Gasteiger partial charge on any atom is -0.496 e. The van der Waals surface area contributed by atoms with Crippen LogP contribution < -0.4 is 9.64 Å². The summed E-state index contributed by atoms with van der Waals surface area (Å²) in [4.78, 5) is 18.7. The summed E-state index contributed by atoms with van der Waals surface area (Å²) in [6, 6.07) is 11.1. The molecule has 110 valence electrons. The lowest BCUT2D eigenvalue weighted by Gasteiger charge is -2.13. The van der Waals surface area contributed by atoms with Crippen molar-refractivity contribution in [3.05, 3.63) is 59.3 Å². The molecule has 1 saturated heterocycles. The second kappa shape index (κ2) is 6.29. The Morgan fingerprint density at radius 1 is 1.27 bits per heavy atom. The maximum Gasteiger partial charge on any atom is 0.270 e. The van der Waals surface area contributed by atoms with Gasteiger partial charge in [0.1, 0.15) is 5.75 Å². The molecule has 1 aromatic heterocycles. The predicted molar refractivity (Wildman–Crippen MR) is 92.9 cm³/mol. The Hall–Kier alpha value is -2.18. The number of pyridine rings is 1. The first-order valence-electron chi connectivity index (χ1n) is 6.51. The Balaban J connectivity index is 1.96. The molecule has 1 amide bonds. The molecule has 4 nitrogen and oxygen atoms in total. The lowest BCUT2D eigenvalue weighted by molar-refractivity contribution is -0.113. The van der Waals surface area contributed by atoms with Crippen LogP contribution in [0.4, 0.5) is 5.69 Å². The quantitative estimate of drug-likeness (QED) is 0.637. The normalized spacial score (nSPS) is 16.4. The van der Waals surface area contributed by atoms with Crippen LogP contribution in [0.5, 0.6) is 5.75 Å². The third-order valence-electron chi connectivity index (χ3n) is 3.12. The van der Waals surface area contributed by atoms with Crippen LogP contribution in [0.2, 0.25) is 0 Å². The van der Waals surface area contributed by atoms with Gasteiger partial charge in [0.2, 0.25) is 0 Å². The van der Waals surface area contributed by atoms with E-state index in [9.17, 15) is 4.79 Å². The van der Waals surface area contributed by atoms with E-state index in [4.69, 9.17) is 17.0 Å². The summed E-state index contributed by atoms with van der Waals surface area (Å²) in [5, 5.41) is 0. The van der Waals surface area contributed by atoms with Crippen molar-refractivity contribution >= 4 is 46.0 Å². The summed E-state index contributed by atoms with van der Waals surface area (Å²) >= 11 is 6.60. The monoisotopic (exact) mass is 328 g/mol. The van der Waals surface area contributed by atoms with Crippen molar-refractivity contribution in [3.63, 3.8) is 0 Å². The van der Waals surface area contributed by atoms with Crippen LogP contribution in [0.1, 0.15) is 5.56 Å². The van der Waals surface area contributed by atoms with Gasteiger partial charge in [0.05, 0.1) is 23.9 Å². The molecule has 0 spiro atoms. The van der Waals surface area contributed by atoms with Crippen LogP contribution in [-0.4, -0.2) is 22.3 Å². The van der Waals surface area contributed by atoms with Crippen molar-refractivity contribution in [2.45, 2.75) is 0 Å². The van der Waals surface area contributed by atoms with Crippen LogP contribution in [0.3, 0.4) is 0 Å². The first kappa shape index (κ1) is 14.7. The zero-order chi connectivity index (χ0) is 15.5. The maximum absolute atomic E-state index is 12.6. The standard InChI is InChI=1S/C16H12N2O2S2/c1-20-13-7-3-2-5-11(13)9-14-15(19)18(16(21)22-14)12-6-4-8-17-10-12/h2-10H,1H3/b14-9-. The molecule has 1 aliphatic rings. The van der Waals surface area contributed by atoms with Crippen molar-refractivity contribution in [2.75, 3.05) is 12.0 Å². The number of carbonyl (C=O) groups is 1. The highest BCUT2D eigenvalue weighted by Gasteiger charge is 2.33. The highest BCUT2D eigenvalue weighted by molar-refractivity contribution is 8.27. The number of thiocarbonyl (C=S) groups is 1. The van der Waals surface area contributed by atoms with Gasteiger partial charge in [0, 0.05) is 11.8 Å². The molecule has 0 N–H and O–H groups in total. The molecule has 0 atom stereocenters. The summed E-state index contributed by atoms with van der Waals surface area (Å²) in [5.74, 6) is 0.572. The number of anilines is 1. The number of thioether (sulfide) groups is 1. The fourth-order valence-electron chi connectivity index (χ4n) is 2.10. The van der Waals surface area contributed by atoms with Crippen molar-refractivity contribution < 1.29 is 9.53 Å². The summed E-state index contributed by atoms with van der Waals surface area (Å²) in [6.45, 7) is 0. The zero-order valence-corrected chi connectivity index (χ0v) is 13.4. The number of carbonyl (C=O) groups excluding carboxylic acids is 1. The molecule has 3 rings (SSSR count). The molecule has 0 aliphatic carbocycles. The number of rotatable bonds is 3.